The zero-order chi connectivity index (χ0) is 13.9. The van der Waals surface area contributed by atoms with Crippen molar-refractivity contribution in [2.45, 2.75) is 18.8 Å². The Bertz CT molecular complexity index is 552. The number of aryl methyl sites for hydroxylation is 1. The molecule has 5 heteroatoms. The molecule has 0 aliphatic heterocycles. The Labute approximate surface area is 115 Å². The number of nitrogens with zero attached hydrogens (tertiary/aromatic N) is 1. The highest BCUT2D eigenvalue weighted by Crippen LogP contribution is 2.30. The third kappa shape index (κ3) is 3.00. The van der Waals surface area contributed by atoms with Crippen LogP contribution in [0.3, 0.4) is 0 Å². The maximum atomic E-state index is 13.3. The van der Waals surface area contributed by atoms with Crippen LogP contribution in [-0.4, -0.2) is 28.4 Å². The summed E-state index contributed by atoms with van der Waals surface area (Å²) in [6.45, 7) is 1.41. The van der Waals surface area contributed by atoms with Crippen molar-refractivity contribution in [1.29, 1.82) is 0 Å². The summed E-state index contributed by atoms with van der Waals surface area (Å²) in [7, 11) is 0. The van der Waals surface area contributed by atoms with Gasteiger partial charge >= 0.3 is 0 Å². The minimum atomic E-state index is -0.874. The maximum Gasteiger partial charge on any atom is 0.123 e. The van der Waals surface area contributed by atoms with Crippen molar-refractivity contribution in [3.8, 4) is 0 Å². The summed E-state index contributed by atoms with van der Waals surface area (Å²) in [6, 6.07) is 6.02. The minimum Gasteiger partial charge on any atom is -0.395 e. The molecule has 0 atom stereocenters. The Hall–Kier alpha value is -1.30. The fourth-order valence-electron chi connectivity index (χ4n) is 2.09. The van der Waals surface area contributed by atoms with Crippen LogP contribution in [-0.2, 0) is 11.8 Å². The van der Waals surface area contributed by atoms with Gasteiger partial charge in [0.05, 0.1) is 18.2 Å². The van der Waals surface area contributed by atoms with Crippen molar-refractivity contribution in [1.82, 2.24) is 4.98 Å². The van der Waals surface area contributed by atoms with Crippen LogP contribution in [0.15, 0.2) is 30.5 Å². The first kappa shape index (κ1) is 14.1. The van der Waals surface area contributed by atoms with Gasteiger partial charge in [0.25, 0.3) is 0 Å². The molecule has 0 saturated carbocycles. The number of hydrogen-bond acceptors (Lipinski definition) is 4. The number of aliphatic hydroxyl groups excluding tert-OH is 2. The van der Waals surface area contributed by atoms with Crippen LogP contribution in [0.1, 0.15) is 15.4 Å². The van der Waals surface area contributed by atoms with Crippen LogP contribution < -0.4 is 0 Å². The van der Waals surface area contributed by atoms with E-state index in [1.165, 1.54) is 23.5 Å². The van der Waals surface area contributed by atoms with Gasteiger partial charge in [0.2, 0.25) is 0 Å². The van der Waals surface area contributed by atoms with Gasteiger partial charge in [-0.05, 0) is 31.0 Å². The topological polar surface area (TPSA) is 53.4 Å². The second kappa shape index (κ2) is 5.77. The lowest BCUT2D eigenvalue weighted by atomic mass is 9.78. The number of aromatic nitrogens is 1. The molecule has 0 aliphatic carbocycles. The molecule has 2 N–H and O–H groups in total. The first-order valence-electron chi connectivity index (χ1n) is 5.99. The molecule has 1 heterocycles. The van der Waals surface area contributed by atoms with Crippen LogP contribution >= 0.6 is 11.3 Å². The van der Waals surface area contributed by atoms with Crippen molar-refractivity contribution in [3.05, 3.63) is 51.7 Å². The Morgan fingerprint density at radius 1 is 1.32 bits per heavy atom. The van der Waals surface area contributed by atoms with E-state index in [9.17, 15) is 14.6 Å². The van der Waals surface area contributed by atoms with E-state index in [-0.39, 0.29) is 19.0 Å². The van der Waals surface area contributed by atoms with Crippen LogP contribution in [0, 0.1) is 12.7 Å². The van der Waals surface area contributed by atoms with E-state index in [2.05, 4.69) is 4.98 Å². The number of aliphatic hydroxyl groups is 2. The van der Waals surface area contributed by atoms with Crippen molar-refractivity contribution >= 4 is 11.3 Å². The summed E-state index contributed by atoms with van der Waals surface area (Å²) in [4.78, 5) is 5.12. The molecule has 0 spiro atoms. The molecule has 0 radical (unpaired) electrons. The van der Waals surface area contributed by atoms with Gasteiger partial charge in [-0.25, -0.2) is 9.37 Å². The molecule has 0 fully saturated rings. The largest absolute Gasteiger partial charge is 0.395 e. The highest BCUT2D eigenvalue weighted by molar-refractivity contribution is 7.11. The average molecular weight is 281 g/mol. The highest BCUT2D eigenvalue weighted by Gasteiger charge is 2.32. The first-order chi connectivity index (χ1) is 9.09. The van der Waals surface area contributed by atoms with E-state index in [1.807, 2.05) is 6.92 Å². The molecule has 2 aromatic rings. The maximum absolute atomic E-state index is 13.3. The van der Waals surface area contributed by atoms with Gasteiger partial charge in [-0.2, -0.15) is 0 Å². The number of halogens is 1. The van der Waals surface area contributed by atoms with Gasteiger partial charge < -0.3 is 10.2 Å². The number of benzene rings is 1. The van der Waals surface area contributed by atoms with E-state index in [1.54, 1.807) is 18.3 Å². The molecule has 1 aromatic carbocycles. The molecule has 0 amide bonds. The second-order valence-corrected chi connectivity index (χ2v) is 5.95. The normalized spacial score (nSPS) is 11.8. The standard InChI is InChI=1S/C14H16FNO2S/c1-10-16-7-13(19-10)6-14(8-17,9-18)11-3-2-4-12(15)5-11/h2-5,7,17-18H,6,8-9H2,1H3. The summed E-state index contributed by atoms with van der Waals surface area (Å²) >= 11 is 1.52. The Balaban J connectivity index is 2.37. The van der Waals surface area contributed by atoms with Crippen molar-refractivity contribution in [2.24, 2.45) is 0 Å². The molecule has 19 heavy (non-hydrogen) atoms. The first-order valence-corrected chi connectivity index (χ1v) is 6.80. The van der Waals surface area contributed by atoms with Crippen molar-refractivity contribution < 1.29 is 14.6 Å². The average Bonchev–Trinajstić information content (AvgIpc) is 2.81. The van der Waals surface area contributed by atoms with Gasteiger partial charge in [0.1, 0.15) is 5.82 Å². The van der Waals surface area contributed by atoms with E-state index >= 15 is 0 Å². The van der Waals surface area contributed by atoms with Crippen LogP contribution in [0.25, 0.3) is 0 Å². The van der Waals surface area contributed by atoms with Crippen LogP contribution in [0.4, 0.5) is 4.39 Å². The smallest absolute Gasteiger partial charge is 0.123 e. The molecule has 3 nitrogen and oxygen atoms in total. The monoisotopic (exact) mass is 281 g/mol. The van der Waals surface area contributed by atoms with Crippen molar-refractivity contribution in [2.75, 3.05) is 13.2 Å². The number of rotatable bonds is 5. The Morgan fingerprint density at radius 2 is 2.05 bits per heavy atom. The van der Waals surface area contributed by atoms with E-state index in [0.717, 1.165) is 9.88 Å². The Morgan fingerprint density at radius 3 is 2.58 bits per heavy atom. The number of hydrogen-bond donors (Lipinski definition) is 2. The summed E-state index contributed by atoms with van der Waals surface area (Å²) in [5.74, 6) is -0.371. The summed E-state index contributed by atoms with van der Waals surface area (Å²) in [5.41, 5.74) is -0.273. The molecular weight excluding hydrogens is 265 g/mol. The summed E-state index contributed by atoms with van der Waals surface area (Å²) in [6.07, 6.45) is 2.17. The lowest BCUT2D eigenvalue weighted by molar-refractivity contribution is 0.116. The summed E-state index contributed by atoms with van der Waals surface area (Å²) in [5, 5.41) is 20.3. The van der Waals surface area contributed by atoms with Gasteiger partial charge in [-0.1, -0.05) is 12.1 Å². The lowest BCUT2D eigenvalue weighted by Gasteiger charge is -2.29. The molecule has 102 valence electrons. The molecule has 0 aliphatic rings. The molecule has 0 bridgehead atoms. The molecule has 0 unspecified atom stereocenters. The van der Waals surface area contributed by atoms with Crippen LogP contribution in [0.2, 0.25) is 0 Å². The quantitative estimate of drug-likeness (QED) is 0.882. The minimum absolute atomic E-state index is 0.246. The molecular formula is C14H16FNO2S. The van der Waals surface area contributed by atoms with E-state index < -0.39 is 5.41 Å². The Kier molecular flexibility index (Phi) is 4.29. The fourth-order valence-corrected chi connectivity index (χ4v) is 3.02. The third-order valence-electron chi connectivity index (χ3n) is 3.22. The SMILES string of the molecule is Cc1ncc(CC(CO)(CO)c2cccc(F)c2)s1. The van der Waals surface area contributed by atoms with Gasteiger partial charge in [-0.15, -0.1) is 11.3 Å². The van der Waals surface area contributed by atoms with Gasteiger partial charge in [0.15, 0.2) is 0 Å². The highest BCUT2D eigenvalue weighted by atomic mass is 32.1. The predicted octanol–water partition coefficient (Wildman–Crippen LogP) is 2.06. The van der Waals surface area contributed by atoms with Gasteiger partial charge in [0, 0.05) is 16.5 Å². The van der Waals surface area contributed by atoms with Crippen molar-refractivity contribution in [3.63, 3.8) is 0 Å². The summed E-state index contributed by atoms with van der Waals surface area (Å²) < 4.78 is 13.3. The zero-order valence-electron chi connectivity index (χ0n) is 10.6. The van der Waals surface area contributed by atoms with E-state index in [4.69, 9.17) is 0 Å². The van der Waals surface area contributed by atoms with Gasteiger partial charge in [-0.3, -0.25) is 0 Å². The van der Waals surface area contributed by atoms with E-state index in [0.29, 0.717) is 12.0 Å². The fraction of sp³-hybridized carbons (Fsp3) is 0.357. The number of thiazole rings is 1. The molecule has 1 aromatic heterocycles. The third-order valence-corrected chi connectivity index (χ3v) is 4.14. The van der Waals surface area contributed by atoms with Crippen LogP contribution in [0.5, 0.6) is 0 Å². The zero-order valence-corrected chi connectivity index (χ0v) is 11.5. The molecule has 2 rings (SSSR count). The second-order valence-electron chi connectivity index (χ2n) is 4.63. The molecule has 0 saturated heterocycles. The predicted molar refractivity (Wildman–Crippen MR) is 72.8 cm³/mol. The lowest BCUT2D eigenvalue weighted by Crippen LogP contribution is -2.37.